The lowest BCUT2D eigenvalue weighted by Gasteiger charge is -2.10. The Morgan fingerprint density at radius 3 is 2.60 bits per heavy atom. The van der Waals surface area contributed by atoms with E-state index in [0.29, 0.717) is 5.02 Å². The largest absolute Gasteiger partial charge is 0.325 e. The van der Waals surface area contributed by atoms with E-state index < -0.39 is 6.04 Å². The minimum absolute atomic E-state index is 0. The molecule has 1 rings (SSSR count). The van der Waals surface area contributed by atoms with E-state index in [0.717, 1.165) is 11.3 Å². The third-order valence-electron chi connectivity index (χ3n) is 1.86. The van der Waals surface area contributed by atoms with Crippen molar-refractivity contribution >= 4 is 35.6 Å². The molecular weight excluding hydrogens is 235 g/mol. The van der Waals surface area contributed by atoms with Gasteiger partial charge in [0.05, 0.1) is 6.04 Å². The van der Waals surface area contributed by atoms with Crippen LogP contribution in [0.2, 0.25) is 5.02 Å². The minimum Gasteiger partial charge on any atom is -0.325 e. The summed E-state index contributed by atoms with van der Waals surface area (Å²) in [5.74, 6) is -0.199. The number of nitrogens with one attached hydrogen (secondary N) is 1. The molecule has 0 spiro atoms. The van der Waals surface area contributed by atoms with Crippen molar-refractivity contribution in [1.82, 2.24) is 0 Å². The first-order valence-corrected chi connectivity index (χ1v) is 4.71. The third kappa shape index (κ3) is 4.08. The van der Waals surface area contributed by atoms with E-state index in [1.807, 2.05) is 6.92 Å². The molecule has 1 amide bonds. The molecule has 0 heterocycles. The van der Waals surface area contributed by atoms with Crippen LogP contribution in [-0.4, -0.2) is 11.9 Å². The second kappa shape index (κ2) is 5.95. The minimum atomic E-state index is -0.509. The molecule has 1 aromatic carbocycles. The van der Waals surface area contributed by atoms with Crippen LogP contribution < -0.4 is 11.1 Å². The number of nitrogens with two attached hydrogens (primary N) is 1. The van der Waals surface area contributed by atoms with Crippen LogP contribution in [-0.2, 0) is 4.79 Å². The molecule has 5 heteroatoms. The zero-order valence-electron chi connectivity index (χ0n) is 8.58. The number of halogens is 2. The van der Waals surface area contributed by atoms with Crippen LogP contribution in [0.4, 0.5) is 5.69 Å². The smallest absolute Gasteiger partial charge is 0.241 e. The van der Waals surface area contributed by atoms with Crippen molar-refractivity contribution in [2.24, 2.45) is 5.73 Å². The number of hydrogen-bond donors (Lipinski definition) is 2. The fraction of sp³-hybridized carbons (Fsp3) is 0.300. The van der Waals surface area contributed by atoms with Gasteiger partial charge in [0.1, 0.15) is 0 Å². The molecule has 0 aromatic heterocycles. The van der Waals surface area contributed by atoms with Gasteiger partial charge in [-0.1, -0.05) is 11.6 Å². The number of rotatable bonds is 2. The molecule has 1 aromatic rings. The lowest BCUT2D eigenvalue weighted by molar-refractivity contribution is -0.117. The fourth-order valence-corrected chi connectivity index (χ4v) is 1.24. The van der Waals surface area contributed by atoms with Gasteiger partial charge < -0.3 is 11.1 Å². The topological polar surface area (TPSA) is 55.1 Å². The number of benzene rings is 1. The number of amides is 1. The first-order valence-electron chi connectivity index (χ1n) is 4.33. The first kappa shape index (κ1) is 14.2. The van der Waals surface area contributed by atoms with Crippen molar-refractivity contribution in [3.8, 4) is 0 Å². The SMILES string of the molecule is Cc1cc(Cl)ccc1NC(=O)C(C)N.Cl. The van der Waals surface area contributed by atoms with Crippen LogP contribution in [0.1, 0.15) is 12.5 Å². The third-order valence-corrected chi connectivity index (χ3v) is 2.09. The lowest BCUT2D eigenvalue weighted by atomic mass is 10.2. The van der Waals surface area contributed by atoms with Gasteiger partial charge in [-0.2, -0.15) is 0 Å². The first-order chi connectivity index (χ1) is 6.50. The number of carbonyl (C=O) groups excluding carboxylic acids is 1. The molecule has 0 radical (unpaired) electrons. The summed E-state index contributed by atoms with van der Waals surface area (Å²) in [4.78, 5) is 11.3. The van der Waals surface area contributed by atoms with Crippen molar-refractivity contribution in [2.75, 3.05) is 5.32 Å². The average Bonchev–Trinajstić information content (AvgIpc) is 2.09. The lowest BCUT2D eigenvalue weighted by Crippen LogP contribution is -2.32. The predicted octanol–water partition coefficient (Wildman–Crippen LogP) is 2.36. The molecule has 0 saturated carbocycles. The zero-order valence-corrected chi connectivity index (χ0v) is 10.2. The summed E-state index contributed by atoms with van der Waals surface area (Å²) in [7, 11) is 0. The van der Waals surface area contributed by atoms with Gasteiger partial charge in [0.25, 0.3) is 0 Å². The van der Waals surface area contributed by atoms with E-state index in [1.165, 1.54) is 0 Å². The van der Waals surface area contributed by atoms with Crippen molar-refractivity contribution in [2.45, 2.75) is 19.9 Å². The highest BCUT2D eigenvalue weighted by Crippen LogP contribution is 2.19. The summed E-state index contributed by atoms with van der Waals surface area (Å²) in [6.45, 7) is 3.52. The van der Waals surface area contributed by atoms with Crippen molar-refractivity contribution in [3.63, 3.8) is 0 Å². The van der Waals surface area contributed by atoms with Crippen LogP contribution in [0.15, 0.2) is 18.2 Å². The van der Waals surface area contributed by atoms with Crippen LogP contribution in [0.3, 0.4) is 0 Å². The highest BCUT2D eigenvalue weighted by Gasteiger charge is 2.08. The molecule has 0 aliphatic rings. The predicted molar refractivity (Wildman–Crippen MR) is 65.7 cm³/mol. The summed E-state index contributed by atoms with van der Waals surface area (Å²) in [6, 6.07) is 4.77. The summed E-state index contributed by atoms with van der Waals surface area (Å²) < 4.78 is 0. The van der Waals surface area contributed by atoms with Gasteiger partial charge in [-0.05, 0) is 37.6 Å². The van der Waals surface area contributed by atoms with Crippen LogP contribution in [0, 0.1) is 6.92 Å². The Balaban J connectivity index is 0.00000196. The van der Waals surface area contributed by atoms with E-state index in [4.69, 9.17) is 17.3 Å². The van der Waals surface area contributed by atoms with Gasteiger partial charge in [0, 0.05) is 10.7 Å². The van der Waals surface area contributed by atoms with Gasteiger partial charge in [-0.25, -0.2) is 0 Å². The van der Waals surface area contributed by atoms with Gasteiger partial charge in [-0.3, -0.25) is 4.79 Å². The van der Waals surface area contributed by atoms with Gasteiger partial charge in [-0.15, -0.1) is 12.4 Å². The molecule has 0 aliphatic heterocycles. The number of carbonyl (C=O) groups is 1. The van der Waals surface area contributed by atoms with Crippen molar-refractivity contribution < 1.29 is 4.79 Å². The van der Waals surface area contributed by atoms with Crippen molar-refractivity contribution in [3.05, 3.63) is 28.8 Å². The van der Waals surface area contributed by atoms with E-state index in [-0.39, 0.29) is 18.3 Å². The summed E-state index contributed by atoms with van der Waals surface area (Å²) in [5.41, 5.74) is 7.10. The highest BCUT2D eigenvalue weighted by atomic mass is 35.5. The molecule has 0 saturated heterocycles. The Hall–Kier alpha value is -0.770. The normalized spacial score (nSPS) is 11.5. The molecule has 3 nitrogen and oxygen atoms in total. The van der Waals surface area contributed by atoms with Gasteiger partial charge in [0.2, 0.25) is 5.91 Å². The number of aryl methyl sites for hydroxylation is 1. The Morgan fingerprint density at radius 2 is 2.13 bits per heavy atom. The monoisotopic (exact) mass is 248 g/mol. The molecule has 0 fully saturated rings. The number of anilines is 1. The standard InChI is InChI=1S/C10H13ClN2O.ClH/c1-6-5-8(11)3-4-9(6)13-10(14)7(2)12;/h3-5,7H,12H2,1-2H3,(H,13,14);1H. The molecule has 84 valence electrons. The van der Waals surface area contributed by atoms with E-state index >= 15 is 0 Å². The maximum Gasteiger partial charge on any atom is 0.241 e. The van der Waals surface area contributed by atoms with Gasteiger partial charge >= 0.3 is 0 Å². The summed E-state index contributed by atoms with van der Waals surface area (Å²) >= 11 is 5.78. The molecule has 0 bridgehead atoms. The zero-order chi connectivity index (χ0) is 10.7. The average molecular weight is 249 g/mol. The van der Waals surface area contributed by atoms with Crippen LogP contribution in [0.5, 0.6) is 0 Å². The Morgan fingerprint density at radius 1 is 1.53 bits per heavy atom. The van der Waals surface area contributed by atoms with Crippen LogP contribution in [0.25, 0.3) is 0 Å². The molecule has 1 unspecified atom stereocenters. The molecular formula is C10H14Cl2N2O. The maximum absolute atomic E-state index is 11.3. The second-order valence-electron chi connectivity index (χ2n) is 3.24. The molecule has 3 N–H and O–H groups in total. The quantitative estimate of drug-likeness (QED) is 0.845. The van der Waals surface area contributed by atoms with E-state index in [2.05, 4.69) is 5.32 Å². The Bertz CT molecular complexity index is 353. The molecule has 0 aliphatic carbocycles. The Kier molecular flexibility index (Phi) is 5.65. The summed E-state index contributed by atoms with van der Waals surface area (Å²) in [5, 5.41) is 3.37. The fourth-order valence-electron chi connectivity index (χ4n) is 1.01. The highest BCUT2D eigenvalue weighted by molar-refractivity contribution is 6.30. The molecule has 1 atom stereocenters. The maximum atomic E-state index is 11.3. The van der Waals surface area contributed by atoms with Crippen LogP contribution >= 0.6 is 24.0 Å². The molecule has 15 heavy (non-hydrogen) atoms. The number of hydrogen-bond acceptors (Lipinski definition) is 2. The van der Waals surface area contributed by atoms with Gasteiger partial charge in [0.15, 0.2) is 0 Å². The van der Waals surface area contributed by atoms with Crippen molar-refractivity contribution in [1.29, 1.82) is 0 Å². The Labute approximate surface area is 100 Å². The van der Waals surface area contributed by atoms with E-state index in [9.17, 15) is 4.79 Å². The van der Waals surface area contributed by atoms with E-state index in [1.54, 1.807) is 25.1 Å². The second-order valence-corrected chi connectivity index (χ2v) is 3.67. The summed E-state index contributed by atoms with van der Waals surface area (Å²) in [6.07, 6.45) is 0.